The quantitative estimate of drug-likeness (QED) is 0.592. The zero-order valence-electron chi connectivity index (χ0n) is 7.84. The van der Waals surface area contributed by atoms with Crippen LogP contribution in [0.25, 0.3) is 0 Å². The molecule has 70 valence electrons. The van der Waals surface area contributed by atoms with E-state index in [0.29, 0.717) is 0 Å². The minimum absolute atomic E-state index is 0.943. The lowest BCUT2D eigenvalue weighted by Crippen LogP contribution is -2.04. The maximum Gasteiger partial charge on any atom is -0.00695 e. The maximum absolute atomic E-state index is 4.42. The van der Waals surface area contributed by atoms with Crippen molar-refractivity contribution in [3.05, 3.63) is 0 Å². The van der Waals surface area contributed by atoms with Gasteiger partial charge < -0.3 is 0 Å². The number of rotatable bonds is 1. The molecule has 0 spiro atoms. The predicted octanol–water partition coefficient (Wildman–Crippen LogP) is 3.52. The van der Waals surface area contributed by atoms with Crippen molar-refractivity contribution in [3.63, 3.8) is 0 Å². The molecule has 0 aromatic rings. The molecule has 0 radical (unpaired) electrons. The van der Waals surface area contributed by atoms with Gasteiger partial charge in [-0.25, -0.2) is 0 Å². The monoisotopic (exact) mass is 184 g/mol. The Hall–Kier alpha value is 0.350. The van der Waals surface area contributed by atoms with Gasteiger partial charge in [0.1, 0.15) is 0 Å². The Balaban J connectivity index is 1.90. The highest BCUT2D eigenvalue weighted by Gasteiger charge is 2.30. The number of hydrogen-bond acceptors (Lipinski definition) is 1. The van der Waals surface area contributed by atoms with Crippen molar-refractivity contribution in [2.24, 2.45) is 17.8 Å². The molecule has 0 amide bonds. The average molecular weight is 184 g/mol. The van der Waals surface area contributed by atoms with E-state index >= 15 is 0 Å². The van der Waals surface area contributed by atoms with E-state index in [0.717, 1.165) is 23.5 Å². The zero-order chi connectivity index (χ0) is 8.39. The summed E-state index contributed by atoms with van der Waals surface area (Å²) < 4.78 is 0. The summed E-state index contributed by atoms with van der Waals surface area (Å²) in [6.07, 6.45) is 10.5. The third-order valence-corrected chi connectivity index (χ3v) is 4.48. The summed E-state index contributed by atoms with van der Waals surface area (Å²) in [6.45, 7) is 0. The van der Waals surface area contributed by atoms with Gasteiger partial charge in [-0.1, -0.05) is 19.3 Å². The Morgan fingerprint density at radius 2 is 1.42 bits per heavy atom. The van der Waals surface area contributed by atoms with Crippen LogP contribution in [0.1, 0.15) is 44.9 Å². The normalized spacial score (nSPS) is 42.2. The summed E-state index contributed by atoms with van der Waals surface area (Å²) in [5, 5.41) is 0. The lowest BCUT2D eigenvalue weighted by Gasteiger charge is -2.14. The van der Waals surface area contributed by atoms with Gasteiger partial charge in [-0.15, -0.1) is 0 Å². The van der Waals surface area contributed by atoms with Gasteiger partial charge in [-0.3, -0.25) is 0 Å². The number of thiol groups is 1. The molecule has 2 unspecified atom stereocenters. The van der Waals surface area contributed by atoms with Gasteiger partial charge in [-0.05, 0) is 49.2 Å². The van der Waals surface area contributed by atoms with Crippen LogP contribution in [0.2, 0.25) is 0 Å². The van der Waals surface area contributed by atoms with E-state index in [1.54, 1.807) is 0 Å². The fourth-order valence-electron chi connectivity index (χ4n) is 3.10. The van der Waals surface area contributed by atoms with Crippen LogP contribution in [0.3, 0.4) is 0 Å². The van der Waals surface area contributed by atoms with Crippen molar-refractivity contribution in [1.29, 1.82) is 0 Å². The van der Waals surface area contributed by atoms with E-state index in [-0.39, 0.29) is 0 Å². The molecule has 0 aromatic carbocycles. The second kappa shape index (κ2) is 4.04. The molecule has 0 aliphatic heterocycles. The molecule has 0 aromatic heterocycles. The topological polar surface area (TPSA) is 0 Å². The molecule has 2 atom stereocenters. The molecule has 0 nitrogen and oxygen atoms in total. The lowest BCUT2D eigenvalue weighted by molar-refractivity contribution is 0.367. The standard InChI is InChI=1S/C11H20S/c12-8-9-4-6-10-2-1-3-11(10)7-5-9/h9-12H,1-8H2. The van der Waals surface area contributed by atoms with Gasteiger partial charge in [0.25, 0.3) is 0 Å². The molecule has 2 rings (SSSR count). The second-order valence-corrected chi connectivity index (χ2v) is 5.02. The molecule has 0 bridgehead atoms. The second-order valence-electron chi connectivity index (χ2n) is 4.65. The largest absolute Gasteiger partial charge is 0.179 e. The maximum atomic E-state index is 4.42. The summed E-state index contributed by atoms with van der Waals surface area (Å²) in [5.41, 5.74) is 0. The van der Waals surface area contributed by atoms with E-state index in [4.69, 9.17) is 0 Å². The van der Waals surface area contributed by atoms with Crippen LogP contribution in [0.4, 0.5) is 0 Å². The first-order valence-electron chi connectivity index (χ1n) is 5.51. The van der Waals surface area contributed by atoms with Crippen LogP contribution in [0, 0.1) is 17.8 Å². The van der Waals surface area contributed by atoms with E-state index < -0.39 is 0 Å². The molecule has 0 heterocycles. The van der Waals surface area contributed by atoms with E-state index in [2.05, 4.69) is 12.6 Å². The van der Waals surface area contributed by atoms with Crippen molar-refractivity contribution in [2.75, 3.05) is 5.75 Å². The van der Waals surface area contributed by atoms with Crippen LogP contribution < -0.4 is 0 Å². The Morgan fingerprint density at radius 1 is 0.833 bits per heavy atom. The molecule has 0 N–H and O–H groups in total. The molecule has 1 heteroatoms. The van der Waals surface area contributed by atoms with Gasteiger partial charge >= 0.3 is 0 Å². The highest BCUT2D eigenvalue weighted by molar-refractivity contribution is 7.80. The van der Waals surface area contributed by atoms with Crippen LogP contribution in [-0.4, -0.2) is 5.75 Å². The van der Waals surface area contributed by atoms with Gasteiger partial charge in [0.05, 0.1) is 0 Å². The summed E-state index contributed by atoms with van der Waals surface area (Å²) in [6, 6.07) is 0. The average Bonchev–Trinajstić information content (AvgIpc) is 2.46. The minimum Gasteiger partial charge on any atom is -0.179 e. The molecule has 0 saturated heterocycles. The molecular weight excluding hydrogens is 164 g/mol. The fraction of sp³-hybridized carbons (Fsp3) is 1.00. The van der Waals surface area contributed by atoms with E-state index in [1.165, 1.54) is 44.9 Å². The smallest absolute Gasteiger partial charge is 0.00695 e. The van der Waals surface area contributed by atoms with Gasteiger partial charge in [-0.2, -0.15) is 12.6 Å². The molecule has 2 aliphatic rings. The first kappa shape index (κ1) is 8.93. The highest BCUT2D eigenvalue weighted by Crippen LogP contribution is 2.42. The Morgan fingerprint density at radius 3 is 1.92 bits per heavy atom. The molecule has 2 fully saturated rings. The molecular formula is C11H20S. The van der Waals surface area contributed by atoms with Crippen LogP contribution in [-0.2, 0) is 0 Å². The third kappa shape index (κ3) is 1.81. The van der Waals surface area contributed by atoms with E-state index in [9.17, 15) is 0 Å². The fourth-order valence-corrected chi connectivity index (χ4v) is 3.47. The lowest BCUT2D eigenvalue weighted by atomic mass is 9.92. The molecule has 12 heavy (non-hydrogen) atoms. The summed E-state index contributed by atoms with van der Waals surface area (Å²) in [4.78, 5) is 0. The van der Waals surface area contributed by atoms with Crippen molar-refractivity contribution in [2.45, 2.75) is 44.9 Å². The number of fused-ring (bicyclic) bond motifs is 1. The molecule has 2 saturated carbocycles. The van der Waals surface area contributed by atoms with Crippen molar-refractivity contribution < 1.29 is 0 Å². The SMILES string of the molecule is SCC1CCC2CCCC2CC1. The van der Waals surface area contributed by atoms with Crippen molar-refractivity contribution in [1.82, 2.24) is 0 Å². The van der Waals surface area contributed by atoms with Crippen LogP contribution in [0.15, 0.2) is 0 Å². The first-order valence-corrected chi connectivity index (χ1v) is 6.14. The van der Waals surface area contributed by atoms with Gasteiger partial charge in [0.15, 0.2) is 0 Å². The van der Waals surface area contributed by atoms with Crippen LogP contribution in [0.5, 0.6) is 0 Å². The third-order valence-electron chi connectivity index (χ3n) is 3.97. The Kier molecular flexibility index (Phi) is 3.00. The summed E-state index contributed by atoms with van der Waals surface area (Å²) in [5.74, 6) is 4.28. The molecule has 2 aliphatic carbocycles. The Bertz CT molecular complexity index is 130. The van der Waals surface area contributed by atoms with Crippen molar-refractivity contribution in [3.8, 4) is 0 Å². The number of hydrogen-bond donors (Lipinski definition) is 1. The van der Waals surface area contributed by atoms with E-state index in [1.807, 2.05) is 0 Å². The minimum atomic E-state index is 0.943. The highest BCUT2D eigenvalue weighted by atomic mass is 32.1. The zero-order valence-corrected chi connectivity index (χ0v) is 8.73. The van der Waals surface area contributed by atoms with Crippen molar-refractivity contribution >= 4 is 12.6 Å². The van der Waals surface area contributed by atoms with Gasteiger partial charge in [0.2, 0.25) is 0 Å². The van der Waals surface area contributed by atoms with Gasteiger partial charge in [0, 0.05) is 0 Å². The summed E-state index contributed by atoms with van der Waals surface area (Å²) >= 11 is 4.42. The van der Waals surface area contributed by atoms with Crippen LogP contribution >= 0.6 is 12.6 Å². The first-order chi connectivity index (χ1) is 5.90. The predicted molar refractivity (Wildman–Crippen MR) is 56.6 cm³/mol. The Labute approximate surface area is 81.5 Å². The summed E-state index contributed by atoms with van der Waals surface area (Å²) in [7, 11) is 0.